The Labute approximate surface area is 106 Å². The number of amides is 3. The molecule has 104 valence electrons. The molecular weight excluding hydrogens is 240 g/mol. The SMILES string of the molecule is COCC(=O)N(C(=O)OC(C)(C)C)C(=O)[C@H](C)N. The second kappa shape index (κ2) is 6.46. The molecule has 0 fully saturated rings. The molecule has 0 rings (SSSR count). The average molecular weight is 260 g/mol. The molecule has 0 aliphatic heterocycles. The summed E-state index contributed by atoms with van der Waals surface area (Å²) < 4.78 is 9.58. The maximum absolute atomic E-state index is 11.8. The van der Waals surface area contributed by atoms with Crippen LogP contribution in [-0.4, -0.2) is 48.2 Å². The molecule has 0 aliphatic carbocycles. The van der Waals surface area contributed by atoms with Crippen molar-refractivity contribution in [1.82, 2.24) is 4.90 Å². The minimum Gasteiger partial charge on any atom is -0.443 e. The van der Waals surface area contributed by atoms with Gasteiger partial charge in [0.1, 0.15) is 12.2 Å². The first-order valence-corrected chi connectivity index (χ1v) is 5.44. The van der Waals surface area contributed by atoms with Crippen LogP contribution in [0.3, 0.4) is 0 Å². The standard InChI is InChI=1S/C11H20N2O5/c1-7(12)9(15)13(8(14)6-17-5)10(16)18-11(2,3)4/h7H,6,12H2,1-5H3/t7-/m0/s1. The Balaban J connectivity index is 5.04. The Kier molecular flexibility index (Phi) is 5.93. The second-order valence-corrected chi connectivity index (χ2v) is 4.77. The van der Waals surface area contributed by atoms with E-state index in [0.29, 0.717) is 4.90 Å². The average Bonchev–Trinajstić information content (AvgIpc) is 2.14. The molecule has 0 aromatic carbocycles. The molecule has 1 atom stereocenters. The van der Waals surface area contributed by atoms with Gasteiger partial charge in [0.15, 0.2) is 0 Å². The summed E-state index contributed by atoms with van der Waals surface area (Å²) in [5.74, 6) is -1.64. The van der Waals surface area contributed by atoms with Gasteiger partial charge < -0.3 is 15.2 Å². The molecule has 7 nitrogen and oxygen atoms in total. The maximum Gasteiger partial charge on any atom is 0.424 e. The Bertz CT molecular complexity index is 333. The molecule has 0 aromatic heterocycles. The summed E-state index contributed by atoms with van der Waals surface area (Å²) in [5.41, 5.74) is 4.56. The van der Waals surface area contributed by atoms with Crippen LogP contribution >= 0.6 is 0 Å². The predicted octanol–water partition coefficient (Wildman–Crippen LogP) is 0.270. The zero-order valence-electron chi connectivity index (χ0n) is 11.4. The first-order chi connectivity index (χ1) is 8.10. The fourth-order valence-electron chi connectivity index (χ4n) is 1.01. The van der Waals surface area contributed by atoms with Gasteiger partial charge in [-0.1, -0.05) is 0 Å². The van der Waals surface area contributed by atoms with E-state index in [2.05, 4.69) is 4.74 Å². The van der Waals surface area contributed by atoms with Gasteiger partial charge in [0, 0.05) is 7.11 Å². The number of rotatable bonds is 3. The monoisotopic (exact) mass is 260 g/mol. The van der Waals surface area contributed by atoms with Crippen LogP contribution < -0.4 is 5.73 Å². The van der Waals surface area contributed by atoms with Crippen LogP contribution in [0.5, 0.6) is 0 Å². The van der Waals surface area contributed by atoms with Gasteiger partial charge in [0.05, 0.1) is 6.04 Å². The number of hydrogen-bond donors (Lipinski definition) is 1. The summed E-state index contributed by atoms with van der Waals surface area (Å²) in [6.45, 7) is 5.85. The molecule has 0 aliphatic rings. The Morgan fingerprint density at radius 3 is 2.11 bits per heavy atom. The summed E-state index contributed by atoms with van der Waals surface area (Å²) in [7, 11) is 1.28. The number of nitrogens with two attached hydrogens (primary N) is 1. The summed E-state index contributed by atoms with van der Waals surface area (Å²) in [4.78, 5) is 35.5. The second-order valence-electron chi connectivity index (χ2n) is 4.77. The van der Waals surface area contributed by atoms with Crippen molar-refractivity contribution in [2.45, 2.75) is 39.3 Å². The smallest absolute Gasteiger partial charge is 0.424 e. The van der Waals surface area contributed by atoms with E-state index in [4.69, 9.17) is 10.5 Å². The summed E-state index contributed by atoms with van der Waals surface area (Å²) in [5, 5.41) is 0. The number of nitrogens with zero attached hydrogens (tertiary/aromatic N) is 1. The highest BCUT2D eigenvalue weighted by molar-refractivity contribution is 6.10. The van der Waals surface area contributed by atoms with E-state index >= 15 is 0 Å². The van der Waals surface area contributed by atoms with E-state index in [1.807, 2.05) is 0 Å². The van der Waals surface area contributed by atoms with Gasteiger partial charge in [-0.25, -0.2) is 4.79 Å². The zero-order chi connectivity index (χ0) is 14.5. The topological polar surface area (TPSA) is 98.9 Å². The lowest BCUT2D eigenvalue weighted by molar-refractivity contribution is -0.146. The fraction of sp³-hybridized carbons (Fsp3) is 0.727. The van der Waals surface area contributed by atoms with Crippen molar-refractivity contribution in [3.05, 3.63) is 0 Å². The largest absolute Gasteiger partial charge is 0.443 e. The number of hydrogen-bond acceptors (Lipinski definition) is 6. The van der Waals surface area contributed by atoms with E-state index in [-0.39, 0.29) is 0 Å². The first kappa shape index (κ1) is 16.5. The quantitative estimate of drug-likeness (QED) is 0.782. The lowest BCUT2D eigenvalue weighted by atomic mass is 10.2. The molecule has 3 amide bonds. The minimum atomic E-state index is -1.05. The van der Waals surface area contributed by atoms with Crippen LogP contribution in [0, 0.1) is 0 Å². The molecule has 0 saturated carbocycles. The zero-order valence-corrected chi connectivity index (χ0v) is 11.4. The van der Waals surface area contributed by atoms with Crippen molar-refractivity contribution in [2.75, 3.05) is 13.7 Å². The summed E-state index contributed by atoms with van der Waals surface area (Å²) >= 11 is 0. The fourth-order valence-corrected chi connectivity index (χ4v) is 1.01. The van der Waals surface area contributed by atoms with E-state index in [1.54, 1.807) is 20.8 Å². The van der Waals surface area contributed by atoms with Crippen molar-refractivity contribution in [3.63, 3.8) is 0 Å². The van der Waals surface area contributed by atoms with Crippen LogP contribution in [-0.2, 0) is 19.1 Å². The third-order valence-corrected chi connectivity index (χ3v) is 1.70. The van der Waals surface area contributed by atoms with Gasteiger partial charge in [-0.3, -0.25) is 9.59 Å². The molecule has 18 heavy (non-hydrogen) atoms. The molecule has 2 N–H and O–H groups in total. The molecule has 0 aromatic rings. The maximum atomic E-state index is 11.8. The van der Waals surface area contributed by atoms with Crippen molar-refractivity contribution in [2.24, 2.45) is 5.73 Å². The van der Waals surface area contributed by atoms with Crippen LogP contribution in [0.1, 0.15) is 27.7 Å². The molecule has 0 heterocycles. The van der Waals surface area contributed by atoms with E-state index in [0.717, 1.165) is 0 Å². The van der Waals surface area contributed by atoms with E-state index in [9.17, 15) is 14.4 Å². The van der Waals surface area contributed by atoms with Crippen molar-refractivity contribution in [1.29, 1.82) is 0 Å². The first-order valence-electron chi connectivity index (χ1n) is 5.44. The number of carbonyl (C=O) groups excluding carboxylic acids is 3. The van der Waals surface area contributed by atoms with Crippen molar-refractivity contribution >= 4 is 17.9 Å². The summed E-state index contributed by atoms with van der Waals surface area (Å²) in [6.07, 6.45) is -1.05. The van der Waals surface area contributed by atoms with Gasteiger partial charge >= 0.3 is 6.09 Å². The van der Waals surface area contributed by atoms with Gasteiger partial charge in [0.25, 0.3) is 11.8 Å². The van der Waals surface area contributed by atoms with Crippen LogP contribution in [0.4, 0.5) is 4.79 Å². The lowest BCUT2D eigenvalue weighted by Crippen LogP contribution is -2.51. The highest BCUT2D eigenvalue weighted by Crippen LogP contribution is 2.11. The Morgan fingerprint density at radius 2 is 1.78 bits per heavy atom. The highest BCUT2D eigenvalue weighted by Gasteiger charge is 2.34. The van der Waals surface area contributed by atoms with Crippen molar-refractivity contribution in [3.8, 4) is 0 Å². The Hall–Kier alpha value is -1.47. The molecule has 0 radical (unpaired) electrons. The van der Waals surface area contributed by atoms with Crippen LogP contribution in [0.25, 0.3) is 0 Å². The molecule has 0 bridgehead atoms. The molecule has 0 unspecified atom stereocenters. The van der Waals surface area contributed by atoms with Crippen LogP contribution in [0.15, 0.2) is 0 Å². The number of carbonyl (C=O) groups is 3. The molecular formula is C11H20N2O5. The minimum absolute atomic E-state index is 0.374. The van der Waals surface area contributed by atoms with Gasteiger partial charge in [-0.15, -0.1) is 0 Å². The normalized spacial score (nSPS) is 12.8. The highest BCUT2D eigenvalue weighted by atomic mass is 16.6. The summed E-state index contributed by atoms with van der Waals surface area (Å²) in [6, 6.07) is -0.988. The number of ether oxygens (including phenoxy) is 2. The predicted molar refractivity (Wildman–Crippen MR) is 63.6 cm³/mol. The van der Waals surface area contributed by atoms with E-state index in [1.165, 1.54) is 14.0 Å². The van der Waals surface area contributed by atoms with Gasteiger partial charge in [-0.05, 0) is 27.7 Å². The third-order valence-electron chi connectivity index (χ3n) is 1.70. The third kappa shape index (κ3) is 5.24. The number of methoxy groups -OCH3 is 1. The van der Waals surface area contributed by atoms with Gasteiger partial charge in [-0.2, -0.15) is 4.90 Å². The van der Waals surface area contributed by atoms with Crippen LogP contribution in [0.2, 0.25) is 0 Å². The molecule has 7 heteroatoms. The molecule has 0 spiro atoms. The lowest BCUT2D eigenvalue weighted by Gasteiger charge is -2.25. The Morgan fingerprint density at radius 1 is 1.28 bits per heavy atom. The molecule has 0 saturated heterocycles. The van der Waals surface area contributed by atoms with E-state index < -0.39 is 36.2 Å². The number of imide groups is 3. The van der Waals surface area contributed by atoms with Crippen molar-refractivity contribution < 1.29 is 23.9 Å². The van der Waals surface area contributed by atoms with Gasteiger partial charge in [0.2, 0.25) is 0 Å².